The molecule has 0 saturated carbocycles. The minimum absolute atomic E-state index is 0.0711. The minimum Gasteiger partial charge on any atom is -0.337 e. The van der Waals surface area contributed by atoms with Crippen LogP contribution in [-0.2, 0) is 0 Å². The quantitative estimate of drug-likeness (QED) is 0.854. The lowest BCUT2D eigenvalue weighted by atomic mass is 10.0. The van der Waals surface area contributed by atoms with Gasteiger partial charge in [0.1, 0.15) is 11.4 Å². The van der Waals surface area contributed by atoms with E-state index in [4.69, 9.17) is 0 Å². The van der Waals surface area contributed by atoms with Crippen molar-refractivity contribution in [3.05, 3.63) is 65.5 Å². The molecule has 0 spiro atoms. The molecule has 0 aliphatic carbocycles. The Morgan fingerprint density at radius 2 is 1.50 bits per heavy atom. The lowest BCUT2D eigenvalue weighted by Gasteiger charge is -2.25. The van der Waals surface area contributed by atoms with Gasteiger partial charge in [-0.25, -0.2) is 4.98 Å². The van der Waals surface area contributed by atoms with Crippen LogP contribution in [-0.4, -0.2) is 46.2 Å². The molecule has 2 fully saturated rings. The summed E-state index contributed by atoms with van der Waals surface area (Å²) >= 11 is 0. The number of likely N-dealkylation sites (tertiary alicyclic amines) is 2. The number of benzene rings is 1. The van der Waals surface area contributed by atoms with Gasteiger partial charge in [0.2, 0.25) is 0 Å². The van der Waals surface area contributed by atoms with Gasteiger partial charge in [0, 0.05) is 19.6 Å². The summed E-state index contributed by atoms with van der Waals surface area (Å²) < 4.78 is 0. The fraction of sp³-hybridized carbons (Fsp3) is 0.381. The molecule has 134 valence electrons. The molecular formula is C21H23N3O2. The molecule has 4 rings (SSSR count). The van der Waals surface area contributed by atoms with Crippen molar-refractivity contribution in [2.24, 2.45) is 0 Å². The molecular weight excluding hydrogens is 326 g/mol. The Labute approximate surface area is 153 Å². The Bertz CT molecular complexity index is 800. The highest BCUT2D eigenvalue weighted by Crippen LogP contribution is 2.32. The van der Waals surface area contributed by atoms with Gasteiger partial charge in [-0.05, 0) is 43.4 Å². The molecule has 0 bridgehead atoms. The number of amides is 2. The van der Waals surface area contributed by atoms with Crippen molar-refractivity contribution in [3.8, 4) is 0 Å². The van der Waals surface area contributed by atoms with Crippen LogP contribution in [0.5, 0.6) is 0 Å². The molecule has 5 heteroatoms. The Morgan fingerprint density at radius 3 is 2.23 bits per heavy atom. The summed E-state index contributed by atoms with van der Waals surface area (Å²) in [5.41, 5.74) is 1.88. The molecule has 0 unspecified atom stereocenters. The highest BCUT2D eigenvalue weighted by Gasteiger charge is 2.31. The van der Waals surface area contributed by atoms with Crippen LogP contribution in [0.2, 0.25) is 0 Å². The van der Waals surface area contributed by atoms with Gasteiger partial charge in [-0.1, -0.05) is 36.4 Å². The Hall–Kier alpha value is -2.69. The lowest BCUT2D eigenvalue weighted by molar-refractivity contribution is 0.0728. The van der Waals surface area contributed by atoms with E-state index in [-0.39, 0.29) is 17.9 Å². The number of carbonyl (C=O) groups excluding carboxylic acids is 2. The Balaban J connectivity index is 1.56. The summed E-state index contributed by atoms with van der Waals surface area (Å²) in [6.45, 7) is 2.28. The third kappa shape index (κ3) is 3.21. The first-order valence-electron chi connectivity index (χ1n) is 9.36. The van der Waals surface area contributed by atoms with E-state index in [2.05, 4.69) is 17.1 Å². The van der Waals surface area contributed by atoms with E-state index in [1.807, 2.05) is 28.0 Å². The number of aromatic nitrogens is 1. The van der Waals surface area contributed by atoms with Crippen molar-refractivity contribution < 1.29 is 9.59 Å². The van der Waals surface area contributed by atoms with Gasteiger partial charge >= 0.3 is 0 Å². The van der Waals surface area contributed by atoms with E-state index in [0.29, 0.717) is 11.4 Å². The number of rotatable bonds is 3. The van der Waals surface area contributed by atoms with Gasteiger partial charge in [0.05, 0.1) is 6.04 Å². The molecule has 1 aromatic carbocycles. The van der Waals surface area contributed by atoms with Crippen molar-refractivity contribution in [2.45, 2.75) is 31.7 Å². The van der Waals surface area contributed by atoms with Crippen molar-refractivity contribution >= 4 is 11.8 Å². The van der Waals surface area contributed by atoms with Crippen molar-refractivity contribution in [3.63, 3.8) is 0 Å². The van der Waals surface area contributed by atoms with Crippen LogP contribution in [0, 0.1) is 0 Å². The summed E-state index contributed by atoms with van der Waals surface area (Å²) in [6.07, 6.45) is 4.02. The third-order valence-electron chi connectivity index (χ3n) is 5.28. The second-order valence-corrected chi connectivity index (χ2v) is 6.97. The van der Waals surface area contributed by atoms with Crippen molar-refractivity contribution in [1.82, 2.24) is 14.8 Å². The predicted octanol–water partition coefficient (Wildman–Crippen LogP) is 3.29. The zero-order valence-corrected chi connectivity index (χ0v) is 14.8. The summed E-state index contributed by atoms with van der Waals surface area (Å²) in [5, 5.41) is 0. The maximum Gasteiger partial charge on any atom is 0.272 e. The van der Waals surface area contributed by atoms with E-state index in [9.17, 15) is 9.59 Å². The highest BCUT2D eigenvalue weighted by molar-refractivity contribution is 5.96. The molecule has 2 saturated heterocycles. The number of carbonyl (C=O) groups is 2. The largest absolute Gasteiger partial charge is 0.337 e. The zero-order valence-electron chi connectivity index (χ0n) is 14.8. The second kappa shape index (κ2) is 7.28. The standard InChI is InChI=1S/C21H23N3O2/c25-20(23-13-4-5-14-23)17-10-6-11-18(22-17)21(26)24-15-7-12-19(24)16-8-2-1-3-9-16/h1-3,6,8-11,19H,4-5,7,12-15H2/t19-/m1/s1. The monoisotopic (exact) mass is 349 g/mol. The average Bonchev–Trinajstić information content (AvgIpc) is 3.39. The average molecular weight is 349 g/mol. The van der Waals surface area contributed by atoms with Crippen LogP contribution >= 0.6 is 0 Å². The summed E-state index contributed by atoms with van der Waals surface area (Å²) in [5.74, 6) is -0.161. The van der Waals surface area contributed by atoms with Crippen LogP contribution < -0.4 is 0 Å². The summed E-state index contributed by atoms with van der Waals surface area (Å²) in [4.78, 5) is 33.7. The lowest BCUT2D eigenvalue weighted by Crippen LogP contribution is -2.32. The first kappa shape index (κ1) is 16.8. The van der Waals surface area contributed by atoms with Gasteiger partial charge in [-0.15, -0.1) is 0 Å². The number of hydrogen-bond acceptors (Lipinski definition) is 3. The molecule has 3 heterocycles. The number of hydrogen-bond donors (Lipinski definition) is 0. The molecule has 5 nitrogen and oxygen atoms in total. The maximum absolute atomic E-state index is 13.1. The van der Waals surface area contributed by atoms with E-state index in [1.54, 1.807) is 18.2 Å². The van der Waals surface area contributed by atoms with Gasteiger partial charge in [0.25, 0.3) is 11.8 Å². The van der Waals surface area contributed by atoms with Gasteiger partial charge in [-0.3, -0.25) is 9.59 Å². The van der Waals surface area contributed by atoms with E-state index < -0.39 is 0 Å². The van der Waals surface area contributed by atoms with Crippen LogP contribution in [0.25, 0.3) is 0 Å². The van der Waals surface area contributed by atoms with Crippen LogP contribution in [0.15, 0.2) is 48.5 Å². The van der Waals surface area contributed by atoms with Crippen LogP contribution in [0.3, 0.4) is 0 Å². The van der Waals surface area contributed by atoms with Crippen LogP contribution in [0.1, 0.15) is 58.3 Å². The molecule has 1 aromatic heterocycles. The number of pyridine rings is 1. The topological polar surface area (TPSA) is 53.5 Å². The van der Waals surface area contributed by atoms with E-state index >= 15 is 0 Å². The number of nitrogens with zero attached hydrogens (tertiary/aromatic N) is 3. The van der Waals surface area contributed by atoms with Gasteiger partial charge in [-0.2, -0.15) is 0 Å². The normalized spacial score (nSPS) is 19.8. The molecule has 0 N–H and O–H groups in total. The fourth-order valence-electron chi connectivity index (χ4n) is 3.93. The molecule has 2 aliphatic heterocycles. The zero-order chi connectivity index (χ0) is 17.9. The molecule has 2 aliphatic rings. The minimum atomic E-state index is -0.0903. The second-order valence-electron chi connectivity index (χ2n) is 6.97. The first-order valence-corrected chi connectivity index (χ1v) is 9.36. The third-order valence-corrected chi connectivity index (χ3v) is 5.28. The summed E-state index contributed by atoms with van der Waals surface area (Å²) in [7, 11) is 0. The predicted molar refractivity (Wildman–Crippen MR) is 98.8 cm³/mol. The SMILES string of the molecule is O=C(c1cccc(C(=O)N2CCC[C@@H]2c2ccccc2)n1)N1CCCC1. The van der Waals surface area contributed by atoms with E-state index in [1.165, 1.54) is 0 Å². The summed E-state index contributed by atoms with van der Waals surface area (Å²) in [6, 6.07) is 15.4. The van der Waals surface area contributed by atoms with Crippen molar-refractivity contribution in [1.29, 1.82) is 0 Å². The highest BCUT2D eigenvalue weighted by atomic mass is 16.2. The molecule has 2 aromatic rings. The van der Waals surface area contributed by atoms with Crippen LogP contribution in [0.4, 0.5) is 0 Å². The Morgan fingerprint density at radius 1 is 0.808 bits per heavy atom. The maximum atomic E-state index is 13.1. The van der Waals surface area contributed by atoms with Gasteiger partial charge in [0.15, 0.2) is 0 Å². The smallest absolute Gasteiger partial charge is 0.272 e. The first-order chi connectivity index (χ1) is 12.7. The Kier molecular flexibility index (Phi) is 4.69. The fourth-order valence-corrected chi connectivity index (χ4v) is 3.93. The molecule has 2 amide bonds. The molecule has 26 heavy (non-hydrogen) atoms. The van der Waals surface area contributed by atoms with Crippen molar-refractivity contribution in [2.75, 3.05) is 19.6 Å². The van der Waals surface area contributed by atoms with Gasteiger partial charge < -0.3 is 9.80 Å². The van der Waals surface area contributed by atoms with E-state index in [0.717, 1.165) is 50.9 Å². The molecule has 1 atom stereocenters. The molecule has 0 radical (unpaired) electrons.